The predicted molar refractivity (Wildman–Crippen MR) is 83.0 cm³/mol. The standard InChI is InChI=1S/C13H23N3S2/c1-4-11-8-16(6-7-17-11)13-15-12(9-18-13)10(3)14-5-2/h9-11,14H,4-8H2,1-3H3. The summed E-state index contributed by atoms with van der Waals surface area (Å²) in [6.45, 7) is 9.89. The molecule has 1 aromatic heterocycles. The molecule has 5 heteroatoms. The molecule has 0 saturated carbocycles. The molecule has 2 heterocycles. The number of hydrogen-bond acceptors (Lipinski definition) is 5. The predicted octanol–water partition coefficient (Wildman–Crippen LogP) is 3.15. The minimum Gasteiger partial charge on any atom is -0.346 e. The van der Waals surface area contributed by atoms with Gasteiger partial charge >= 0.3 is 0 Å². The second kappa shape index (κ2) is 6.78. The van der Waals surface area contributed by atoms with Crippen molar-refractivity contribution in [3.05, 3.63) is 11.1 Å². The molecular weight excluding hydrogens is 262 g/mol. The number of thiazole rings is 1. The third kappa shape index (κ3) is 3.39. The molecule has 0 amide bonds. The maximum absolute atomic E-state index is 4.79. The van der Waals surface area contributed by atoms with Gasteiger partial charge in [0.05, 0.1) is 5.69 Å². The van der Waals surface area contributed by atoms with Crippen molar-refractivity contribution in [3.63, 3.8) is 0 Å². The highest BCUT2D eigenvalue weighted by Gasteiger charge is 2.21. The quantitative estimate of drug-likeness (QED) is 0.899. The molecule has 2 atom stereocenters. The van der Waals surface area contributed by atoms with Gasteiger partial charge in [-0.3, -0.25) is 0 Å². The van der Waals surface area contributed by atoms with E-state index in [1.807, 2.05) is 0 Å². The monoisotopic (exact) mass is 285 g/mol. The minimum atomic E-state index is 0.362. The molecule has 1 fully saturated rings. The summed E-state index contributed by atoms with van der Waals surface area (Å²) in [5, 5.41) is 7.60. The Bertz CT molecular complexity index is 367. The molecule has 2 unspecified atom stereocenters. The smallest absolute Gasteiger partial charge is 0.185 e. The number of aromatic nitrogens is 1. The van der Waals surface area contributed by atoms with Gasteiger partial charge in [-0.2, -0.15) is 11.8 Å². The van der Waals surface area contributed by atoms with Crippen LogP contribution in [0, 0.1) is 0 Å². The molecule has 1 aromatic rings. The Hall–Kier alpha value is -0.260. The zero-order valence-corrected chi connectivity index (χ0v) is 13.1. The van der Waals surface area contributed by atoms with Gasteiger partial charge in [0.15, 0.2) is 5.13 Å². The first kappa shape index (κ1) is 14.2. The van der Waals surface area contributed by atoms with Crippen molar-refractivity contribution in [2.45, 2.75) is 38.5 Å². The van der Waals surface area contributed by atoms with Crippen LogP contribution in [0.5, 0.6) is 0 Å². The van der Waals surface area contributed by atoms with Crippen LogP contribution in [0.1, 0.15) is 38.9 Å². The molecule has 0 aliphatic carbocycles. The third-order valence-corrected chi connectivity index (χ3v) is 5.62. The third-order valence-electron chi connectivity index (χ3n) is 3.33. The average Bonchev–Trinajstić information content (AvgIpc) is 2.89. The molecule has 1 saturated heterocycles. The van der Waals surface area contributed by atoms with E-state index in [-0.39, 0.29) is 0 Å². The van der Waals surface area contributed by atoms with E-state index in [1.54, 1.807) is 11.3 Å². The fourth-order valence-electron chi connectivity index (χ4n) is 2.17. The summed E-state index contributed by atoms with van der Waals surface area (Å²) in [5.74, 6) is 1.23. The van der Waals surface area contributed by atoms with Gasteiger partial charge < -0.3 is 10.2 Å². The lowest BCUT2D eigenvalue weighted by atomic mass is 10.2. The number of rotatable bonds is 5. The first-order chi connectivity index (χ1) is 8.74. The Labute approximate surface area is 118 Å². The van der Waals surface area contributed by atoms with Crippen LogP contribution in [0.4, 0.5) is 5.13 Å². The molecule has 1 N–H and O–H groups in total. The molecule has 2 rings (SSSR count). The lowest BCUT2D eigenvalue weighted by molar-refractivity contribution is 0.585. The number of nitrogens with zero attached hydrogens (tertiary/aromatic N) is 2. The van der Waals surface area contributed by atoms with E-state index in [1.165, 1.54) is 23.0 Å². The molecule has 0 radical (unpaired) electrons. The zero-order chi connectivity index (χ0) is 13.0. The molecule has 102 valence electrons. The van der Waals surface area contributed by atoms with Crippen molar-refractivity contribution in [2.24, 2.45) is 0 Å². The van der Waals surface area contributed by atoms with Gasteiger partial charge in [0.25, 0.3) is 0 Å². The van der Waals surface area contributed by atoms with Crippen molar-refractivity contribution < 1.29 is 0 Å². The molecule has 0 spiro atoms. The van der Waals surface area contributed by atoms with Crippen LogP contribution in [-0.2, 0) is 0 Å². The van der Waals surface area contributed by atoms with Crippen LogP contribution in [0.3, 0.4) is 0 Å². The van der Waals surface area contributed by atoms with Crippen molar-refractivity contribution >= 4 is 28.2 Å². The Morgan fingerprint density at radius 2 is 2.39 bits per heavy atom. The summed E-state index contributed by atoms with van der Waals surface area (Å²) in [7, 11) is 0. The fraction of sp³-hybridized carbons (Fsp3) is 0.769. The Morgan fingerprint density at radius 3 is 3.11 bits per heavy atom. The second-order valence-corrected chi connectivity index (χ2v) is 6.93. The van der Waals surface area contributed by atoms with Gasteiger partial charge in [-0.05, 0) is 19.9 Å². The highest BCUT2D eigenvalue weighted by Crippen LogP contribution is 2.29. The summed E-state index contributed by atoms with van der Waals surface area (Å²) >= 11 is 3.89. The van der Waals surface area contributed by atoms with Crippen molar-refractivity contribution in [1.29, 1.82) is 0 Å². The first-order valence-electron chi connectivity index (χ1n) is 6.80. The Balaban J connectivity index is 2.00. The molecular formula is C13H23N3S2. The van der Waals surface area contributed by atoms with Gasteiger partial charge in [-0.15, -0.1) is 11.3 Å². The summed E-state index contributed by atoms with van der Waals surface area (Å²) in [4.78, 5) is 7.25. The molecule has 18 heavy (non-hydrogen) atoms. The normalized spacial score (nSPS) is 22.2. The van der Waals surface area contributed by atoms with Crippen LogP contribution < -0.4 is 10.2 Å². The van der Waals surface area contributed by atoms with Gasteiger partial charge in [-0.25, -0.2) is 4.98 Å². The van der Waals surface area contributed by atoms with Crippen molar-refractivity contribution in [2.75, 3.05) is 30.3 Å². The van der Waals surface area contributed by atoms with Crippen LogP contribution >= 0.6 is 23.1 Å². The second-order valence-electron chi connectivity index (χ2n) is 4.68. The summed E-state index contributed by atoms with van der Waals surface area (Å²) in [5.41, 5.74) is 1.18. The highest BCUT2D eigenvalue weighted by atomic mass is 32.2. The van der Waals surface area contributed by atoms with E-state index >= 15 is 0 Å². The Kier molecular flexibility index (Phi) is 5.33. The fourth-order valence-corrected chi connectivity index (χ4v) is 4.31. The molecule has 1 aliphatic heterocycles. The van der Waals surface area contributed by atoms with Gasteiger partial charge in [-0.1, -0.05) is 13.8 Å². The van der Waals surface area contributed by atoms with Gasteiger partial charge in [0.1, 0.15) is 0 Å². The molecule has 0 aromatic carbocycles. The van der Waals surface area contributed by atoms with Gasteiger partial charge in [0, 0.05) is 35.5 Å². The van der Waals surface area contributed by atoms with Crippen molar-refractivity contribution in [3.8, 4) is 0 Å². The number of anilines is 1. The van der Waals surface area contributed by atoms with Crippen LogP contribution in [-0.4, -0.2) is 35.6 Å². The van der Waals surface area contributed by atoms with E-state index in [2.05, 4.69) is 48.1 Å². The lowest BCUT2D eigenvalue weighted by Gasteiger charge is -2.31. The summed E-state index contributed by atoms with van der Waals surface area (Å²) in [6.07, 6.45) is 1.26. The molecule has 3 nitrogen and oxygen atoms in total. The van der Waals surface area contributed by atoms with E-state index in [4.69, 9.17) is 4.98 Å². The average molecular weight is 285 g/mol. The van der Waals surface area contributed by atoms with Crippen LogP contribution in [0.15, 0.2) is 5.38 Å². The maximum Gasteiger partial charge on any atom is 0.185 e. The van der Waals surface area contributed by atoms with E-state index < -0.39 is 0 Å². The lowest BCUT2D eigenvalue weighted by Crippen LogP contribution is -2.37. The number of nitrogens with one attached hydrogen (secondary N) is 1. The van der Waals surface area contributed by atoms with E-state index in [9.17, 15) is 0 Å². The largest absolute Gasteiger partial charge is 0.346 e. The SMILES string of the molecule is CCNC(C)c1csc(N2CCSC(CC)C2)n1. The van der Waals surface area contributed by atoms with Crippen LogP contribution in [0.2, 0.25) is 0 Å². The maximum atomic E-state index is 4.79. The highest BCUT2D eigenvalue weighted by molar-refractivity contribution is 8.00. The first-order valence-corrected chi connectivity index (χ1v) is 8.72. The van der Waals surface area contributed by atoms with E-state index in [0.717, 1.165) is 24.9 Å². The topological polar surface area (TPSA) is 28.2 Å². The molecule has 0 bridgehead atoms. The Morgan fingerprint density at radius 1 is 1.56 bits per heavy atom. The van der Waals surface area contributed by atoms with Crippen molar-refractivity contribution in [1.82, 2.24) is 10.3 Å². The number of hydrogen-bond donors (Lipinski definition) is 1. The summed E-state index contributed by atoms with van der Waals surface area (Å²) in [6, 6.07) is 0.362. The van der Waals surface area contributed by atoms with Crippen LogP contribution in [0.25, 0.3) is 0 Å². The minimum absolute atomic E-state index is 0.362. The number of thioether (sulfide) groups is 1. The summed E-state index contributed by atoms with van der Waals surface area (Å²) < 4.78 is 0. The van der Waals surface area contributed by atoms with E-state index in [0.29, 0.717) is 6.04 Å². The zero-order valence-electron chi connectivity index (χ0n) is 11.5. The van der Waals surface area contributed by atoms with Gasteiger partial charge in [0.2, 0.25) is 0 Å². The molecule has 1 aliphatic rings.